The predicted molar refractivity (Wildman–Crippen MR) is 106 cm³/mol. The highest BCUT2D eigenvalue weighted by Crippen LogP contribution is 2.33. The molecule has 2 aromatic carbocycles. The molecule has 6 heteroatoms. The SMILES string of the molecule is O=C(O)c1ccc2c(C(C(=O)O)N3CCCC3)cn(Cc3ccccc3)c2c1. The Morgan fingerprint density at radius 2 is 1.71 bits per heavy atom. The number of rotatable bonds is 6. The number of carbonyl (C=O) groups is 2. The first kappa shape index (κ1) is 18.3. The van der Waals surface area contributed by atoms with Gasteiger partial charge < -0.3 is 14.8 Å². The zero-order valence-corrected chi connectivity index (χ0v) is 15.4. The van der Waals surface area contributed by atoms with Crippen LogP contribution < -0.4 is 0 Å². The van der Waals surface area contributed by atoms with Gasteiger partial charge in [0, 0.05) is 29.2 Å². The van der Waals surface area contributed by atoms with Gasteiger partial charge in [0.1, 0.15) is 6.04 Å². The van der Waals surface area contributed by atoms with E-state index in [4.69, 9.17) is 0 Å². The average Bonchev–Trinajstić information content (AvgIpc) is 3.32. The molecule has 2 N–H and O–H groups in total. The van der Waals surface area contributed by atoms with E-state index in [0.717, 1.165) is 48.0 Å². The number of carboxylic acids is 2. The van der Waals surface area contributed by atoms with Gasteiger partial charge in [0.25, 0.3) is 0 Å². The van der Waals surface area contributed by atoms with Crippen molar-refractivity contribution in [2.24, 2.45) is 0 Å². The Kier molecular flexibility index (Phi) is 4.88. The van der Waals surface area contributed by atoms with E-state index in [1.54, 1.807) is 18.2 Å². The van der Waals surface area contributed by atoms with Gasteiger partial charge in [-0.05, 0) is 43.6 Å². The molecule has 0 saturated carbocycles. The molecular formula is C22H22N2O4. The number of likely N-dealkylation sites (tertiary alicyclic amines) is 1. The van der Waals surface area contributed by atoms with Crippen LogP contribution in [-0.2, 0) is 11.3 Å². The molecule has 1 fully saturated rings. The number of benzene rings is 2. The maximum Gasteiger partial charge on any atom is 0.335 e. The van der Waals surface area contributed by atoms with Gasteiger partial charge >= 0.3 is 11.9 Å². The molecule has 1 unspecified atom stereocenters. The van der Waals surface area contributed by atoms with Crippen molar-refractivity contribution in [3.05, 3.63) is 71.4 Å². The van der Waals surface area contributed by atoms with Crippen LogP contribution in [0.2, 0.25) is 0 Å². The first-order valence-electron chi connectivity index (χ1n) is 9.41. The second kappa shape index (κ2) is 7.48. The van der Waals surface area contributed by atoms with Crippen LogP contribution >= 0.6 is 0 Å². The number of aromatic nitrogens is 1. The maximum absolute atomic E-state index is 12.1. The molecule has 1 aliphatic rings. The Morgan fingerprint density at radius 3 is 2.36 bits per heavy atom. The lowest BCUT2D eigenvalue weighted by molar-refractivity contribution is -0.143. The summed E-state index contributed by atoms with van der Waals surface area (Å²) in [5.74, 6) is -1.87. The third-order valence-electron chi connectivity index (χ3n) is 5.39. The fraction of sp³-hybridized carbons (Fsp3) is 0.273. The van der Waals surface area contributed by atoms with E-state index in [-0.39, 0.29) is 5.56 Å². The number of nitrogens with zero attached hydrogens (tertiary/aromatic N) is 2. The summed E-state index contributed by atoms with van der Waals surface area (Å²) in [5, 5.41) is 20.1. The smallest absolute Gasteiger partial charge is 0.335 e. The molecule has 1 aromatic heterocycles. The number of hydrogen-bond donors (Lipinski definition) is 2. The second-order valence-corrected chi connectivity index (χ2v) is 7.22. The number of hydrogen-bond acceptors (Lipinski definition) is 3. The molecule has 0 spiro atoms. The Balaban J connectivity index is 1.86. The first-order chi connectivity index (χ1) is 13.5. The van der Waals surface area contributed by atoms with E-state index < -0.39 is 18.0 Å². The van der Waals surface area contributed by atoms with Crippen LogP contribution in [0, 0.1) is 0 Å². The zero-order chi connectivity index (χ0) is 19.7. The standard InChI is InChI=1S/C22H22N2O4/c25-21(26)16-8-9-17-18(20(22(27)28)23-10-4-5-11-23)14-24(19(17)12-16)13-15-6-2-1-3-7-15/h1-3,6-9,12,14,20H,4-5,10-11,13H2,(H,25,26)(H,27,28). The molecule has 1 atom stereocenters. The van der Waals surface area contributed by atoms with Crippen molar-refractivity contribution < 1.29 is 19.8 Å². The van der Waals surface area contributed by atoms with E-state index >= 15 is 0 Å². The summed E-state index contributed by atoms with van der Waals surface area (Å²) in [6.07, 6.45) is 3.87. The predicted octanol–water partition coefficient (Wildman–Crippen LogP) is 3.61. The van der Waals surface area contributed by atoms with Crippen molar-refractivity contribution in [1.29, 1.82) is 0 Å². The third-order valence-corrected chi connectivity index (χ3v) is 5.39. The monoisotopic (exact) mass is 378 g/mol. The topological polar surface area (TPSA) is 82.8 Å². The van der Waals surface area contributed by atoms with E-state index in [1.807, 2.05) is 46.0 Å². The molecule has 3 aromatic rings. The van der Waals surface area contributed by atoms with Crippen LogP contribution in [0.25, 0.3) is 10.9 Å². The molecule has 1 saturated heterocycles. The second-order valence-electron chi connectivity index (χ2n) is 7.22. The Bertz CT molecular complexity index is 1020. The van der Waals surface area contributed by atoms with Gasteiger partial charge in [-0.3, -0.25) is 9.69 Å². The van der Waals surface area contributed by atoms with Crippen molar-refractivity contribution in [3.63, 3.8) is 0 Å². The van der Waals surface area contributed by atoms with E-state index in [2.05, 4.69) is 0 Å². The van der Waals surface area contributed by atoms with E-state index in [1.165, 1.54) is 0 Å². The highest BCUT2D eigenvalue weighted by molar-refractivity contribution is 5.96. The molecule has 144 valence electrons. The fourth-order valence-corrected chi connectivity index (χ4v) is 4.07. The number of fused-ring (bicyclic) bond motifs is 1. The molecule has 1 aliphatic heterocycles. The van der Waals surface area contributed by atoms with Gasteiger partial charge in [-0.2, -0.15) is 0 Å². The number of carboxylic acid groups (broad SMARTS) is 2. The van der Waals surface area contributed by atoms with Gasteiger partial charge in [0.2, 0.25) is 0 Å². The number of aliphatic carboxylic acids is 1. The van der Waals surface area contributed by atoms with Crippen LogP contribution in [-0.4, -0.2) is 44.7 Å². The van der Waals surface area contributed by atoms with Crippen LogP contribution in [0.5, 0.6) is 0 Å². The minimum absolute atomic E-state index is 0.194. The number of aromatic carboxylic acids is 1. The quantitative estimate of drug-likeness (QED) is 0.685. The summed E-state index contributed by atoms with van der Waals surface area (Å²) in [6.45, 7) is 2.07. The highest BCUT2D eigenvalue weighted by atomic mass is 16.4. The largest absolute Gasteiger partial charge is 0.480 e. The molecule has 2 heterocycles. The Labute approximate surface area is 162 Å². The Morgan fingerprint density at radius 1 is 1.00 bits per heavy atom. The van der Waals surface area contributed by atoms with E-state index in [0.29, 0.717) is 6.54 Å². The van der Waals surface area contributed by atoms with Crippen molar-refractivity contribution >= 4 is 22.8 Å². The van der Waals surface area contributed by atoms with Gasteiger partial charge in [0.05, 0.1) is 5.56 Å². The van der Waals surface area contributed by atoms with Gasteiger partial charge in [-0.25, -0.2) is 4.79 Å². The van der Waals surface area contributed by atoms with Crippen molar-refractivity contribution in [2.75, 3.05) is 13.1 Å². The molecular weight excluding hydrogens is 356 g/mol. The molecule has 0 aliphatic carbocycles. The summed E-state index contributed by atoms with van der Waals surface area (Å²) in [6, 6.07) is 14.0. The van der Waals surface area contributed by atoms with Crippen molar-refractivity contribution in [3.8, 4) is 0 Å². The van der Waals surface area contributed by atoms with Gasteiger partial charge in [-0.15, -0.1) is 0 Å². The van der Waals surface area contributed by atoms with Crippen LogP contribution in [0.15, 0.2) is 54.7 Å². The van der Waals surface area contributed by atoms with Crippen molar-refractivity contribution in [1.82, 2.24) is 9.47 Å². The average molecular weight is 378 g/mol. The zero-order valence-electron chi connectivity index (χ0n) is 15.4. The summed E-state index contributed by atoms with van der Waals surface area (Å²) in [7, 11) is 0. The highest BCUT2D eigenvalue weighted by Gasteiger charge is 2.32. The van der Waals surface area contributed by atoms with Gasteiger partial charge in [0.15, 0.2) is 0 Å². The third kappa shape index (κ3) is 3.39. The minimum Gasteiger partial charge on any atom is -0.480 e. The van der Waals surface area contributed by atoms with Crippen LogP contribution in [0.3, 0.4) is 0 Å². The van der Waals surface area contributed by atoms with Crippen LogP contribution in [0.1, 0.15) is 40.4 Å². The Hall–Kier alpha value is -3.12. The summed E-state index contributed by atoms with van der Waals surface area (Å²) < 4.78 is 1.96. The van der Waals surface area contributed by atoms with Crippen LogP contribution in [0.4, 0.5) is 0 Å². The molecule has 0 bridgehead atoms. The molecule has 4 rings (SSSR count). The normalized spacial score (nSPS) is 15.7. The molecule has 6 nitrogen and oxygen atoms in total. The summed E-state index contributed by atoms with van der Waals surface area (Å²) in [5.41, 5.74) is 2.72. The minimum atomic E-state index is -0.995. The van der Waals surface area contributed by atoms with Gasteiger partial charge in [-0.1, -0.05) is 36.4 Å². The van der Waals surface area contributed by atoms with E-state index in [9.17, 15) is 19.8 Å². The lowest BCUT2D eigenvalue weighted by Crippen LogP contribution is -2.31. The fourth-order valence-electron chi connectivity index (χ4n) is 4.07. The molecule has 0 amide bonds. The van der Waals surface area contributed by atoms with Crippen molar-refractivity contribution in [2.45, 2.75) is 25.4 Å². The first-order valence-corrected chi connectivity index (χ1v) is 9.41. The lowest BCUT2D eigenvalue weighted by atomic mass is 10.0. The molecule has 0 radical (unpaired) electrons. The summed E-state index contributed by atoms with van der Waals surface area (Å²) in [4.78, 5) is 25.6. The lowest BCUT2D eigenvalue weighted by Gasteiger charge is -2.23. The maximum atomic E-state index is 12.1. The molecule has 28 heavy (non-hydrogen) atoms. The summed E-state index contributed by atoms with van der Waals surface area (Å²) >= 11 is 0.